The number of nitrogens with one attached hydrogen (secondary N) is 1. The Morgan fingerprint density at radius 2 is 1.55 bits per heavy atom. The molecule has 0 spiro atoms. The lowest BCUT2D eigenvalue weighted by molar-refractivity contribution is -0.139. The molecule has 29 heavy (non-hydrogen) atoms. The standard InChI is InChI=1S/C22H27N3O3S/c26-20(8-4-7-18-5-2-1-3-6-18)24-12-14-25(15-13-24)21(27)9-11-23-22(28)19-10-16-29-17-19/h1-3,5-6,10,16-17H,4,7-9,11-15H2,(H,23,28). The number of carbonyl (C=O) groups is 3. The number of hydrogen-bond acceptors (Lipinski definition) is 4. The maximum absolute atomic E-state index is 12.4. The van der Waals surface area contributed by atoms with Crippen molar-refractivity contribution in [2.24, 2.45) is 0 Å². The van der Waals surface area contributed by atoms with Gasteiger partial charge in [0.2, 0.25) is 11.8 Å². The van der Waals surface area contributed by atoms with Crippen LogP contribution in [0.5, 0.6) is 0 Å². The van der Waals surface area contributed by atoms with E-state index in [0.29, 0.717) is 44.7 Å². The first-order chi connectivity index (χ1) is 14.1. The van der Waals surface area contributed by atoms with Gasteiger partial charge in [-0.25, -0.2) is 0 Å². The van der Waals surface area contributed by atoms with Crippen LogP contribution in [0.3, 0.4) is 0 Å². The Labute approximate surface area is 175 Å². The van der Waals surface area contributed by atoms with Crippen molar-refractivity contribution in [1.29, 1.82) is 0 Å². The third-order valence-corrected chi connectivity index (χ3v) is 5.78. The molecule has 6 nitrogen and oxygen atoms in total. The highest BCUT2D eigenvalue weighted by atomic mass is 32.1. The minimum Gasteiger partial charge on any atom is -0.351 e. The monoisotopic (exact) mass is 413 g/mol. The first kappa shape index (κ1) is 21.0. The summed E-state index contributed by atoms with van der Waals surface area (Å²) in [6, 6.07) is 11.9. The van der Waals surface area contributed by atoms with Crippen LogP contribution in [-0.2, 0) is 16.0 Å². The lowest BCUT2D eigenvalue weighted by Gasteiger charge is -2.35. The molecule has 2 heterocycles. The highest BCUT2D eigenvalue weighted by molar-refractivity contribution is 7.08. The van der Waals surface area contributed by atoms with Crippen LogP contribution in [0.25, 0.3) is 0 Å². The molecule has 0 saturated carbocycles. The Kier molecular flexibility index (Phi) is 7.81. The molecule has 3 rings (SSSR count). The fraction of sp³-hybridized carbons (Fsp3) is 0.409. The molecular weight excluding hydrogens is 386 g/mol. The van der Waals surface area contributed by atoms with Crippen LogP contribution in [0.4, 0.5) is 0 Å². The third kappa shape index (κ3) is 6.42. The third-order valence-electron chi connectivity index (χ3n) is 5.09. The second kappa shape index (κ2) is 10.8. The molecule has 1 aliphatic rings. The molecule has 7 heteroatoms. The highest BCUT2D eigenvalue weighted by Crippen LogP contribution is 2.10. The van der Waals surface area contributed by atoms with Crippen molar-refractivity contribution in [2.45, 2.75) is 25.7 Å². The van der Waals surface area contributed by atoms with Gasteiger partial charge < -0.3 is 15.1 Å². The summed E-state index contributed by atoms with van der Waals surface area (Å²) in [6.07, 6.45) is 2.56. The van der Waals surface area contributed by atoms with E-state index in [-0.39, 0.29) is 24.1 Å². The molecule has 0 bridgehead atoms. The summed E-state index contributed by atoms with van der Waals surface area (Å²) >= 11 is 1.47. The van der Waals surface area contributed by atoms with Gasteiger partial charge in [0.1, 0.15) is 0 Å². The number of piperazine rings is 1. The molecule has 1 aliphatic heterocycles. The molecule has 0 atom stereocenters. The van der Waals surface area contributed by atoms with Crippen LogP contribution in [0, 0.1) is 0 Å². The molecule has 0 aliphatic carbocycles. The van der Waals surface area contributed by atoms with Crippen molar-refractivity contribution in [3.63, 3.8) is 0 Å². The van der Waals surface area contributed by atoms with E-state index in [1.54, 1.807) is 16.3 Å². The van der Waals surface area contributed by atoms with E-state index in [9.17, 15) is 14.4 Å². The maximum Gasteiger partial charge on any atom is 0.252 e. The number of aryl methyl sites for hydroxylation is 1. The van der Waals surface area contributed by atoms with Crippen LogP contribution >= 0.6 is 11.3 Å². The van der Waals surface area contributed by atoms with E-state index in [1.807, 2.05) is 28.5 Å². The van der Waals surface area contributed by atoms with Gasteiger partial charge >= 0.3 is 0 Å². The van der Waals surface area contributed by atoms with Gasteiger partial charge in [0.25, 0.3) is 5.91 Å². The molecule has 0 radical (unpaired) electrons. The summed E-state index contributed by atoms with van der Waals surface area (Å²) in [4.78, 5) is 40.3. The molecule has 154 valence electrons. The van der Waals surface area contributed by atoms with Crippen LogP contribution in [0.15, 0.2) is 47.2 Å². The molecule has 3 amide bonds. The van der Waals surface area contributed by atoms with Crippen LogP contribution < -0.4 is 5.32 Å². The predicted octanol–water partition coefficient (Wildman–Crippen LogP) is 2.56. The smallest absolute Gasteiger partial charge is 0.252 e. The van der Waals surface area contributed by atoms with Crippen molar-refractivity contribution in [3.8, 4) is 0 Å². The summed E-state index contributed by atoms with van der Waals surface area (Å²) < 4.78 is 0. The van der Waals surface area contributed by atoms with E-state index >= 15 is 0 Å². The molecule has 1 N–H and O–H groups in total. The first-order valence-electron chi connectivity index (χ1n) is 10.0. The Morgan fingerprint density at radius 3 is 2.17 bits per heavy atom. The number of rotatable bonds is 8. The van der Waals surface area contributed by atoms with Crippen molar-refractivity contribution in [3.05, 3.63) is 58.3 Å². The zero-order valence-electron chi connectivity index (χ0n) is 16.5. The lowest BCUT2D eigenvalue weighted by Crippen LogP contribution is -2.51. The van der Waals surface area contributed by atoms with Crippen LogP contribution in [0.1, 0.15) is 35.2 Å². The number of benzene rings is 1. The summed E-state index contributed by atoms with van der Waals surface area (Å²) in [5, 5.41) is 6.41. The van der Waals surface area contributed by atoms with Crippen molar-refractivity contribution < 1.29 is 14.4 Å². The number of thiophene rings is 1. The number of carbonyl (C=O) groups excluding carboxylic acids is 3. The van der Waals surface area contributed by atoms with Gasteiger partial charge in [0.05, 0.1) is 0 Å². The van der Waals surface area contributed by atoms with E-state index in [2.05, 4.69) is 17.4 Å². The van der Waals surface area contributed by atoms with Crippen LogP contribution in [0.2, 0.25) is 0 Å². The van der Waals surface area contributed by atoms with Crippen LogP contribution in [-0.4, -0.2) is 60.2 Å². The second-order valence-corrected chi connectivity index (χ2v) is 7.90. The Balaban J connectivity index is 1.31. The summed E-state index contributed by atoms with van der Waals surface area (Å²) in [6.45, 7) is 2.60. The number of hydrogen-bond donors (Lipinski definition) is 1. The first-order valence-corrected chi connectivity index (χ1v) is 11.0. The highest BCUT2D eigenvalue weighted by Gasteiger charge is 2.23. The summed E-state index contributed by atoms with van der Waals surface area (Å²) in [7, 11) is 0. The molecule has 1 aromatic heterocycles. The fourth-order valence-corrected chi connectivity index (χ4v) is 4.02. The van der Waals surface area contributed by atoms with Crippen molar-refractivity contribution in [2.75, 3.05) is 32.7 Å². The Bertz CT molecular complexity index is 800. The minimum absolute atomic E-state index is 0.0202. The molecule has 0 unspecified atom stereocenters. The van der Waals surface area contributed by atoms with Gasteiger partial charge in [-0.3, -0.25) is 14.4 Å². The number of amides is 3. The predicted molar refractivity (Wildman–Crippen MR) is 114 cm³/mol. The van der Waals surface area contributed by atoms with Gasteiger partial charge in [0, 0.05) is 56.5 Å². The zero-order chi connectivity index (χ0) is 20.5. The maximum atomic E-state index is 12.4. The fourth-order valence-electron chi connectivity index (χ4n) is 3.39. The van der Waals surface area contributed by atoms with Gasteiger partial charge in [-0.15, -0.1) is 0 Å². The topological polar surface area (TPSA) is 69.7 Å². The molecule has 1 aromatic carbocycles. The lowest BCUT2D eigenvalue weighted by atomic mass is 10.1. The molecule has 2 aromatic rings. The van der Waals surface area contributed by atoms with E-state index in [4.69, 9.17) is 0 Å². The second-order valence-electron chi connectivity index (χ2n) is 7.12. The average Bonchev–Trinajstić information content (AvgIpc) is 3.29. The van der Waals surface area contributed by atoms with E-state index < -0.39 is 0 Å². The largest absolute Gasteiger partial charge is 0.351 e. The molecular formula is C22H27N3O3S. The van der Waals surface area contributed by atoms with E-state index in [1.165, 1.54) is 16.9 Å². The Hall–Kier alpha value is -2.67. The average molecular weight is 414 g/mol. The van der Waals surface area contributed by atoms with Gasteiger partial charge in [-0.1, -0.05) is 30.3 Å². The normalized spacial score (nSPS) is 13.9. The quantitative estimate of drug-likeness (QED) is 0.723. The summed E-state index contributed by atoms with van der Waals surface area (Å²) in [5.74, 6) is 0.0350. The molecule has 1 saturated heterocycles. The van der Waals surface area contributed by atoms with Crippen molar-refractivity contribution in [1.82, 2.24) is 15.1 Å². The minimum atomic E-state index is -0.148. The van der Waals surface area contributed by atoms with Gasteiger partial charge in [-0.2, -0.15) is 11.3 Å². The summed E-state index contributed by atoms with van der Waals surface area (Å²) in [5.41, 5.74) is 1.88. The SMILES string of the molecule is O=C(NCCC(=O)N1CCN(C(=O)CCCc2ccccc2)CC1)c1ccsc1. The molecule has 1 fully saturated rings. The van der Waals surface area contributed by atoms with Gasteiger partial charge in [0.15, 0.2) is 0 Å². The Morgan fingerprint density at radius 1 is 0.897 bits per heavy atom. The van der Waals surface area contributed by atoms with E-state index in [0.717, 1.165) is 12.8 Å². The zero-order valence-corrected chi connectivity index (χ0v) is 17.3. The number of nitrogens with zero attached hydrogens (tertiary/aromatic N) is 2. The van der Waals surface area contributed by atoms with Crippen molar-refractivity contribution >= 4 is 29.1 Å². The van der Waals surface area contributed by atoms with Gasteiger partial charge in [-0.05, 0) is 29.9 Å².